The van der Waals surface area contributed by atoms with Crippen LogP contribution in [0.1, 0.15) is 0 Å². The van der Waals surface area contributed by atoms with E-state index in [1.165, 1.54) is 0 Å². The fourth-order valence-electron chi connectivity index (χ4n) is 2.42. The molecule has 0 amide bonds. The van der Waals surface area contributed by atoms with Crippen molar-refractivity contribution in [2.45, 2.75) is 0 Å². The Balaban J connectivity index is 2.00. The molecule has 108 valence electrons. The molecule has 0 spiro atoms. The Hall–Kier alpha value is -2.60. The predicted octanol–water partition coefficient (Wildman–Crippen LogP) is 3.80. The van der Waals surface area contributed by atoms with Crippen molar-refractivity contribution in [2.24, 2.45) is 5.16 Å². The Morgan fingerprint density at radius 1 is 1.18 bits per heavy atom. The molecule has 0 aliphatic carbocycles. The summed E-state index contributed by atoms with van der Waals surface area (Å²) < 4.78 is 8.71. The van der Waals surface area contributed by atoms with Crippen LogP contribution in [0.15, 0.2) is 69.0 Å². The third kappa shape index (κ3) is 2.08. The van der Waals surface area contributed by atoms with Crippen LogP contribution in [0.25, 0.3) is 27.9 Å². The summed E-state index contributed by atoms with van der Waals surface area (Å²) in [4.78, 5) is 4.39. The minimum atomic E-state index is 0.439. The number of benzene rings is 1. The Morgan fingerprint density at radius 2 is 2.09 bits per heavy atom. The lowest BCUT2D eigenvalue weighted by atomic mass is 10.2. The average molecular weight is 356 g/mol. The molecule has 6 heteroatoms. The number of halogens is 1. The van der Waals surface area contributed by atoms with Gasteiger partial charge in [0.25, 0.3) is 0 Å². The first kappa shape index (κ1) is 13.1. The molecule has 3 heterocycles. The van der Waals surface area contributed by atoms with E-state index in [-0.39, 0.29) is 0 Å². The Labute approximate surface area is 133 Å². The molecule has 4 rings (SSSR count). The van der Waals surface area contributed by atoms with Gasteiger partial charge in [-0.3, -0.25) is 0 Å². The number of aromatic nitrogens is 2. The van der Waals surface area contributed by atoms with Gasteiger partial charge in [-0.2, -0.15) is 0 Å². The smallest absolute Gasteiger partial charge is 0.155 e. The highest BCUT2D eigenvalue weighted by Gasteiger charge is 2.08. The second kappa shape index (κ2) is 4.99. The SMILES string of the molecule is O/N=c1\cc(-c2cc3cccn3cn2)oc2ccc(Br)cc12. The van der Waals surface area contributed by atoms with Gasteiger partial charge in [-0.15, -0.1) is 0 Å². The van der Waals surface area contributed by atoms with E-state index in [0.717, 1.165) is 15.4 Å². The first-order valence-electron chi connectivity index (χ1n) is 6.59. The number of fused-ring (bicyclic) bond motifs is 2. The first-order valence-corrected chi connectivity index (χ1v) is 7.38. The van der Waals surface area contributed by atoms with Gasteiger partial charge in [0.1, 0.15) is 16.6 Å². The Kier molecular flexibility index (Phi) is 2.97. The van der Waals surface area contributed by atoms with E-state index in [0.29, 0.717) is 22.4 Å². The van der Waals surface area contributed by atoms with Crippen LogP contribution in [0.2, 0.25) is 0 Å². The average Bonchev–Trinajstić information content (AvgIpc) is 3.01. The van der Waals surface area contributed by atoms with Crippen LogP contribution in [-0.2, 0) is 0 Å². The monoisotopic (exact) mass is 355 g/mol. The highest BCUT2D eigenvalue weighted by Crippen LogP contribution is 2.23. The minimum absolute atomic E-state index is 0.439. The Bertz CT molecular complexity index is 1070. The topological polar surface area (TPSA) is 63.0 Å². The molecule has 0 saturated carbocycles. The molecule has 5 nitrogen and oxygen atoms in total. The second-order valence-electron chi connectivity index (χ2n) is 4.85. The summed E-state index contributed by atoms with van der Waals surface area (Å²) in [7, 11) is 0. The molecule has 1 N–H and O–H groups in total. The van der Waals surface area contributed by atoms with E-state index >= 15 is 0 Å². The van der Waals surface area contributed by atoms with E-state index in [9.17, 15) is 5.21 Å². The third-order valence-electron chi connectivity index (χ3n) is 3.48. The molecule has 0 fully saturated rings. The maximum Gasteiger partial charge on any atom is 0.155 e. The summed E-state index contributed by atoms with van der Waals surface area (Å²) >= 11 is 3.40. The summed E-state index contributed by atoms with van der Waals surface area (Å²) in [6.07, 6.45) is 3.65. The van der Waals surface area contributed by atoms with Crippen molar-refractivity contribution in [1.29, 1.82) is 0 Å². The van der Waals surface area contributed by atoms with Gasteiger partial charge in [-0.1, -0.05) is 21.1 Å². The van der Waals surface area contributed by atoms with Gasteiger partial charge in [0.05, 0.1) is 6.33 Å². The van der Waals surface area contributed by atoms with Crippen molar-refractivity contribution in [3.8, 4) is 11.5 Å². The van der Waals surface area contributed by atoms with Crippen LogP contribution in [0, 0.1) is 0 Å². The normalized spacial score (nSPS) is 12.3. The van der Waals surface area contributed by atoms with Gasteiger partial charge in [0.2, 0.25) is 0 Å². The number of rotatable bonds is 1. The van der Waals surface area contributed by atoms with Crippen molar-refractivity contribution in [2.75, 3.05) is 0 Å². The van der Waals surface area contributed by atoms with Gasteiger partial charge < -0.3 is 14.0 Å². The maximum atomic E-state index is 9.28. The standard InChI is InChI=1S/C16H10BrN3O2/c17-10-3-4-15-12(6-10)13(19-21)8-16(22-15)14-7-11-2-1-5-20(11)9-18-14/h1-9,21H/b19-13+. The lowest BCUT2D eigenvalue weighted by molar-refractivity contribution is 0.302. The van der Waals surface area contributed by atoms with Crippen molar-refractivity contribution in [3.05, 3.63) is 64.8 Å². The lowest BCUT2D eigenvalue weighted by Gasteiger charge is -2.05. The molecular weight excluding hydrogens is 346 g/mol. The van der Waals surface area contributed by atoms with E-state index in [1.54, 1.807) is 12.4 Å². The van der Waals surface area contributed by atoms with Crippen LogP contribution in [0.5, 0.6) is 0 Å². The first-order chi connectivity index (χ1) is 10.7. The summed E-state index contributed by atoms with van der Waals surface area (Å²) in [5.74, 6) is 0.548. The highest BCUT2D eigenvalue weighted by atomic mass is 79.9. The molecule has 1 aromatic carbocycles. The van der Waals surface area contributed by atoms with E-state index in [2.05, 4.69) is 26.1 Å². The van der Waals surface area contributed by atoms with Crippen molar-refractivity contribution < 1.29 is 9.62 Å². The summed E-state index contributed by atoms with van der Waals surface area (Å²) in [6.45, 7) is 0. The molecule has 3 aromatic heterocycles. The van der Waals surface area contributed by atoms with Crippen molar-refractivity contribution in [3.63, 3.8) is 0 Å². The summed E-state index contributed by atoms with van der Waals surface area (Å²) in [6, 6.07) is 13.1. The van der Waals surface area contributed by atoms with Gasteiger partial charge in [0.15, 0.2) is 5.76 Å². The van der Waals surface area contributed by atoms with Gasteiger partial charge >= 0.3 is 0 Å². The molecule has 0 bridgehead atoms. The van der Waals surface area contributed by atoms with Crippen LogP contribution in [-0.4, -0.2) is 14.6 Å². The lowest BCUT2D eigenvalue weighted by Crippen LogP contribution is -2.04. The molecule has 22 heavy (non-hydrogen) atoms. The Morgan fingerprint density at radius 3 is 2.95 bits per heavy atom. The van der Waals surface area contributed by atoms with Gasteiger partial charge in [-0.25, -0.2) is 4.98 Å². The molecule has 0 saturated heterocycles. The van der Waals surface area contributed by atoms with Crippen LogP contribution in [0.3, 0.4) is 0 Å². The second-order valence-corrected chi connectivity index (χ2v) is 5.77. The zero-order valence-electron chi connectivity index (χ0n) is 11.3. The zero-order chi connectivity index (χ0) is 15.1. The molecule has 0 aliphatic rings. The fraction of sp³-hybridized carbons (Fsp3) is 0. The molecule has 0 radical (unpaired) electrons. The van der Waals surface area contributed by atoms with Crippen LogP contribution >= 0.6 is 15.9 Å². The summed E-state index contributed by atoms with van der Waals surface area (Å²) in [5.41, 5.74) is 2.32. The summed E-state index contributed by atoms with van der Waals surface area (Å²) in [5, 5.41) is 13.8. The number of hydrogen-bond donors (Lipinski definition) is 1. The molecule has 0 atom stereocenters. The fourth-order valence-corrected chi connectivity index (χ4v) is 2.78. The van der Waals surface area contributed by atoms with E-state index in [4.69, 9.17) is 4.42 Å². The predicted molar refractivity (Wildman–Crippen MR) is 85.4 cm³/mol. The van der Waals surface area contributed by atoms with E-state index < -0.39 is 0 Å². The van der Waals surface area contributed by atoms with Crippen molar-refractivity contribution in [1.82, 2.24) is 9.38 Å². The van der Waals surface area contributed by atoms with Gasteiger partial charge in [-0.05, 0) is 36.4 Å². The van der Waals surface area contributed by atoms with Crippen molar-refractivity contribution >= 4 is 32.4 Å². The zero-order valence-corrected chi connectivity index (χ0v) is 12.9. The number of nitrogens with zero attached hydrogens (tertiary/aromatic N) is 3. The van der Waals surface area contributed by atoms with E-state index in [1.807, 2.05) is 47.0 Å². The number of hydrogen-bond acceptors (Lipinski definition) is 4. The minimum Gasteiger partial charge on any atom is -0.454 e. The van der Waals surface area contributed by atoms with Crippen LogP contribution < -0.4 is 5.36 Å². The van der Waals surface area contributed by atoms with Crippen LogP contribution in [0.4, 0.5) is 0 Å². The third-order valence-corrected chi connectivity index (χ3v) is 3.98. The molecule has 0 unspecified atom stereocenters. The molecular formula is C16H10BrN3O2. The largest absolute Gasteiger partial charge is 0.454 e. The maximum absolute atomic E-state index is 9.28. The highest BCUT2D eigenvalue weighted by molar-refractivity contribution is 9.10. The molecule has 0 aliphatic heterocycles. The van der Waals surface area contributed by atoms with Gasteiger partial charge in [0, 0.05) is 27.6 Å². The molecule has 4 aromatic rings. The quantitative estimate of drug-likeness (QED) is 0.417.